The van der Waals surface area contributed by atoms with Crippen molar-refractivity contribution in [2.45, 2.75) is 41.5 Å². The molecule has 5 nitrogen and oxygen atoms in total. The molecule has 2 heterocycles. The molecule has 0 aliphatic carbocycles. The number of amides is 1. The molecule has 2 aromatic carbocycles. The molecule has 33 heavy (non-hydrogen) atoms. The van der Waals surface area contributed by atoms with Gasteiger partial charge in [0.15, 0.2) is 0 Å². The number of piperazine rings is 1. The molecular formula is C28H34N2O3. The monoisotopic (exact) mass is 446 g/mol. The summed E-state index contributed by atoms with van der Waals surface area (Å²) < 4.78 is 12.0. The number of aryl methyl sites for hydroxylation is 4. The number of furan rings is 1. The number of allylic oxidation sites excluding steroid dienone is 1. The van der Waals surface area contributed by atoms with Crippen molar-refractivity contribution in [3.05, 3.63) is 64.4 Å². The van der Waals surface area contributed by atoms with Gasteiger partial charge in [-0.15, -0.1) is 0 Å². The number of carbonyl (C=O) groups excluding carboxylic acids is 1. The number of benzene rings is 2. The molecule has 1 saturated heterocycles. The average molecular weight is 447 g/mol. The Bertz CT molecular complexity index is 1210. The van der Waals surface area contributed by atoms with Crippen LogP contribution in [-0.2, 0) is 4.79 Å². The summed E-state index contributed by atoms with van der Waals surface area (Å²) in [6, 6.07) is 10.6. The smallest absolute Gasteiger partial charge is 0.246 e. The SMILES string of the molecule is CCOc1c(/C(C)=C/C(=O)N2CCN(c3cccc(C)c3)CC2)cc2c(C)c(C)oc2c1C. The van der Waals surface area contributed by atoms with Gasteiger partial charge in [0, 0.05) is 54.5 Å². The molecule has 1 fully saturated rings. The van der Waals surface area contributed by atoms with Gasteiger partial charge < -0.3 is 19.0 Å². The lowest BCUT2D eigenvalue weighted by atomic mass is 9.98. The number of hydrogen-bond acceptors (Lipinski definition) is 4. The van der Waals surface area contributed by atoms with Gasteiger partial charge in [-0.05, 0) is 76.4 Å². The molecule has 0 N–H and O–H groups in total. The summed E-state index contributed by atoms with van der Waals surface area (Å²) in [5, 5.41) is 1.08. The quantitative estimate of drug-likeness (QED) is 0.464. The molecule has 0 radical (unpaired) electrons. The van der Waals surface area contributed by atoms with Gasteiger partial charge in [-0.25, -0.2) is 0 Å². The summed E-state index contributed by atoms with van der Waals surface area (Å²) in [6.07, 6.45) is 1.76. The van der Waals surface area contributed by atoms with Crippen LogP contribution in [0.4, 0.5) is 5.69 Å². The van der Waals surface area contributed by atoms with E-state index in [9.17, 15) is 4.79 Å². The van der Waals surface area contributed by atoms with Gasteiger partial charge in [0.1, 0.15) is 17.1 Å². The third-order valence-corrected chi connectivity index (χ3v) is 6.66. The molecule has 1 amide bonds. The molecule has 3 aromatic rings. The molecule has 1 aliphatic heterocycles. The number of fused-ring (bicyclic) bond motifs is 1. The molecule has 174 valence electrons. The maximum atomic E-state index is 13.1. The zero-order valence-electron chi connectivity index (χ0n) is 20.6. The first-order valence-electron chi connectivity index (χ1n) is 11.8. The second-order valence-electron chi connectivity index (χ2n) is 8.95. The first-order valence-corrected chi connectivity index (χ1v) is 11.8. The average Bonchev–Trinajstić information content (AvgIpc) is 3.09. The van der Waals surface area contributed by atoms with Crippen molar-refractivity contribution in [1.82, 2.24) is 4.90 Å². The molecule has 4 rings (SSSR count). The lowest BCUT2D eigenvalue weighted by Crippen LogP contribution is -2.48. The normalized spacial score (nSPS) is 14.8. The predicted molar refractivity (Wildman–Crippen MR) is 135 cm³/mol. The fraction of sp³-hybridized carbons (Fsp3) is 0.393. The Hall–Kier alpha value is -3.21. The summed E-state index contributed by atoms with van der Waals surface area (Å²) in [4.78, 5) is 17.4. The summed E-state index contributed by atoms with van der Waals surface area (Å²) in [6.45, 7) is 15.8. The summed E-state index contributed by atoms with van der Waals surface area (Å²) in [7, 11) is 0. The number of carbonyl (C=O) groups is 1. The van der Waals surface area contributed by atoms with Crippen LogP contribution in [0, 0.1) is 27.7 Å². The van der Waals surface area contributed by atoms with Crippen molar-refractivity contribution in [2.75, 3.05) is 37.7 Å². The Labute approximate surface area is 196 Å². The van der Waals surface area contributed by atoms with E-state index in [0.29, 0.717) is 19.7 Å². The molecule has 0 unspecified atom stereocenters. The minimum Gasteiger partial charge on any atom is -0.493 e. The van der Waals surface area contributed by atoms with Gasteiger partial charge in [-0.3, -0.25) is 4.79 Å². The Balaban J connectivity index is 1.56. The highest BCUT2D eigenvalue weighted by molar-refractivity contribution is 5.98. The van der Waals surface area contributed by atoms with Crippen LogP contribution in [-0.4, -0.2) is 43.6 Å². The van der Waals surface area contributed by atoms with E-state index in [1.807, 2.05) is 32.6 Å². The van der Waals surface area contributed by atoms with Gasteiger partial charge >= 0.3 is 0 Å². The molecule has 0 bridgehead atoms. The van der Waals surface area contributed by atoms with E-state index in [0.717, 1.165) is 57.8 Å². The van der Waals surface area contributed by atoms with Crippen molar-refractivity contribution in [3.63, 3.8) is 0 Å². The van der Waals surface area contributed by atoms with Crippen LogP contribution in [0.25, 0.3) is 16.5 Å². The standard InChI is InChI=1S/C28H34N2O3/c1-7-32-27-21(5)28-25(20(4)22(6)33-28)17-24(27)19(3)16-26(31)30-13-11-29(12-14-30)23-10-8-9-18(2)15-23/h8-10,15-17H,7,11-14H2,1-6H3/b19-16+. The minimum absolute atomic E-state index is 0.0525. The van der Waals surface area contributed by atoms with E-state index in [1.54, 1.807) is 6.08 Å². The van der Waals surface area contributed by atoms with Crippen molar-refractivity contribution in [3.8, 4) is 5.75 Å². The first kappa shape index (κ1) is 23.0. The van der Waals surface area contributed by atoms with E-state index in [-0.39, 0.29) is 5.91 Å². The zero-order valence-corrected chi connectivity index (χ0v) is 20.6. The Kier molecular flexibility index (Phi) is 6.50. The number of nitrogens with zero attached hydrogens (tertiary/aromatic N) is 2. The third-order valence-electron chi connectivity index (χ3n) is 6.66. The Morgan fingerprint density at radius 2 is 1.79 bits per heavy atom. The first-order chi connectivity index (χ1) is 15.8. The summed E-state index contributed by atoms with van der Waals surface area (Å²) in [5.41, 5.74) is 7.32. The van der Waals surface area contributed by atoms with Gasteiger partial charge in [0.25, 0.3) is 0 Å². The number of ether oxygens (including phenoxy) is 1. The van der Waals surface area contributed by atoms with Crippen LogP contribution in [0.2, 0.25) is 0 Å². The molecule has 1 aromatic heterocycles. The largest absolute Gasteiger partial charge is 0.493 e. The molecular weight excluding hydrogens is 412 g/mol. The van der Waals surface area contributed by atoms with Crippen LogP contribution in [0.3, 0.4) is 0 Å². The fourth-order valence-electron chi connectivity index (χ4n) is 4.60. The molecule has 0 atom stereocenters. The van der Waals surface area contributed by atoms with Crippen molar-refractivity contribution < 1.29 is 13.9 Å². The Morgan fingerprint density at radius 1 is 1.06 bits per heavy atom. The molecule has 1 aliphatic rings. The van der Waals surface area contributed by atoms with Crippen molar-refractivity contribution in [2.24, 2.45) is 0 Å². The highest BCUT2D eigenvalue weighted by Gasteiger charge is 2.22. The zero-order chi connectivity index (χ0) is 23.7. The van der Waals surface area contributed by atoms with E-state index >= 15 is 0 Å². The van der Waals surface area contributed by atoms with Crippen LogP contribution in [0.1, 0.15) is 41.9 Å². The lowest BCUT2D eigenvalue weighted by Gasteiger charge is -2.36. The van der Waals surface area contributed by atoms with Crippen LogP contribution >= 0.6 is 0 Å². The van der Waals surface area contributed by atoms with Gasteiger partial charge in [-0.2, -0.15) is 0 Å². The predicted octanol–water partition coefficient (Wildman–Crippen LogP) is 5.82. The van der Waals surface area contributed by atoms with E-state index < -0.39 is 0 Å². The van der Waals surface area contributed by atoms with Crippen molar-refractivity contribution in [1.29, 1.82) is 0 Å². The van der Waals surface area contributed by atoms with Gasteiger partial charge in [-0.1, -0.05) is 12.1 Å². The third kappa shape index (κ3) is 4.50. The maximum absolute atomic E-state index is 13.1. The highest BCUT2D eigenvalue weighted by atomic mass is 16.5. The number of rotatable bonds is 5. The summed E-state index contributed by atoms with van der Waals surface area (Å²) in [5.74, 6) is 1.76. The van der Waals surface area contributed by atoms with Crippen molar-refractivity contribution >= 4 is 28.1 Å². The number of anilines is 1. The fourth-order valence-corrected chi connectivity index (χ4v) is 4.60. The minimum atomic E-state index is 0.0525. The second-order valence-corrected chi connectivity index (χ2v) is 8.95. The van der Waals surface area contributed by atoms with Crippen LogP contribution in [0.5, 0.6) is 5.75 Å². The maximum Gasteiger partial charge on any atom is 0.246 e. The van der Waals surface area contributed by atoms with E-state index in [4.69, 9.17) is 9.15 Å². The Morgan fingerprint density at radius 3 is 2.45 bits per heavy atom. The number of hydrogen-bond donors (Lipinski definition) is 0. The van der Waals surface area contributed by atoms with E-state index in [2.05, 4.69) is 49.1 Å². The van der Waals surface area contributed by atoms with Gasteiger partial charge in [0.05, 0.1) is 6.61 Å². The topological polar surface area (TPSA) is 45.9 Å². The molecule has 0 spiro atoms. The van der Waals surface area contributed by atoms with Crippen LogP contribution < -0.4 is 9.64 Å². The lowest BCUT2D eigenvalue weighted by molar-refractivity contribution is -0.126. The molecule has 0 saturated carbocycles. The second kappa shape index (κ2) is 9.34. The van der Waals surface area contributed by atoms with Gasteiger partial charge in [0.2, 0.25) is 5.91 Å². The van der Waals surface area contributed by atoms with E-state index in [1.165, 1.54) is 11.3 Å². The molecule has 5 heteroatoms. The van der Waals surface area contributed by atoms with Crippen LogP contribution in [0.15, 0.2) is 40.8 Å². The summed E-state index contributed by atoms with van der Waals surface area (Å²) >= 11 is 0. The highest BCUT2D eigenvalue weighted by Crippen LogP contribution is 2.39.